The number of aliphatic hydroxyl groups excluding tert-OH is 1. The largest absolute Gasteiger partial charge is 0.498 e. The van der Waals surface area contributed by atoms with Crippen molar-refractivity contribution < 1.29 is 42.4 Å². The number of nitrogens with zero attached hydrogens (tertiary/aromatic N) is 1. The van der Waals surface area contributed by atoms with E-state index < -0.39 is 26.0 Å². The van der Waals surface area contributed by atoms with Gasteiger partial charge in [0.05, 0.1) is 40.1 Å². The molecule has 0 aliphatic carbocycles. The second-order valence-electron chi connectivity index (χ2n) is 15.6. The first kappa shape index (κ1) is 53.7. The van der Waals surface area contributed by atoms with E-state index in [-0.39, 0.29) is 26.2 Å². The van der Waals surface area contributed by atoms with Crippen molar-refractivity contribution in [2.75, 3.05) is 47.5 Å². The van der Waals surface area contributed by atoms with Gasteiger partial charge in [-0.2, -0.15) is 0 Å². The smallest absolute Gasteiger partial charge is 0.472 e. The molecule has 0 saturated carbocycles. The minimum Gasteiger partial charge on any atom is -0.498 e. The van der Waals surface area contributed by atoms with E-state index in [0.717, 1.165) is 25.7 Å². The maximum Gasteiger partial charge on any atom is 0.472 e. The van der Waals surface area contributed by atoms with E-state index in [4.69, 9.17) is 18.5 Å². The van der Waals surface area contributed by atoms with E-state index in [1.807, 2.05) is 63.7 Å². The van der Waals surface area contributed by atoms with Gasteiger partial charge < -0.3 is 24.0 Å². The van der Waals surface area contributed by atoms with E-state index in [2.05, 4.69) is 32.1 Å². The number of likely N-dealkylation sites (N-methyl/N-ethyl adjacent to an activating group) is 1. The fraction of sp³-hybridized carbons (Fsp3) is 0.717. The second kappa shape index (κ2) is 38.3. The molecule has 2 N–H and O–H groups in total. The van der Waals surface area contributed by atoms with Crippen molar-refractivity contribution in [2.45, 2.75) is 167 Å². The molecule has 0 rings (SSSR count). The summed E-state index contributed by atoms with van der Waals surface area (Å²) in [6.45, 7) is 4.71. The number of carbonyl (C=O) groups excluding carboxylic acids is 1. The van der Waals surface area contributed by atoms with Crippen LogP contribution < -0.4 is 0 Å². The Hall–Kier alpha value is -2.26. The third kappa shape index (κ3) is 41.4. The van der Waals surface area contributed by atoms with Gasteiger partial charge in [-0.25, -0.2) is 4.57 Å². The summed E-state index contributed by atoms with van der Waals surface area (Å²) in [7, 11) is 1.55. The van der Waals surface area contributed by atoms with Crippen LogP contribution in [0.4, 0.5) is 0 Å². The Morgan fingerprint density at radius 1 is 0.661 bits per heavy atom. The predicted molar refractivity (Wildman–Crippen MR) is 234 cm³/mol. The van der Waals surface area contributed by atoms with Gasteiger partial charge in [0.2, 0.25) is 0 Å². The van der Waals surface area contributed by atoms with Crippen LogP contribution in [-0.4, -0.2) is 80.2 Å². The molecule has 9 nitrogen and oxygen atoms in total. The van der Waals surface area contributed by atoms with Crippen molar-refractivity contribution >= 4 is 13.8 Å². The third-order valence-electron chi connectivity index (χ3n) is 8.88. The topological polar surface area (TPSA) is 112 Å². The molecule has 0 radical (unpaired) electrons. The maximum absolute atomic E-state index is 12.7. The van der Waals surface area contributed by atoms with Crippen molar-refractivity contribution in [1.82, 2.24) is 0 Å². The van der Waals surface area contributed by atoms with Crippen LogP contribution in [0.25, 0.3) is 0 Å². The van der Waals surface area contributed by atoms with Gasteiger partial charge in [-0.15, -0.1) is 0 Å². The molecule has 0 heterocycles. The van der Waals surface area contributed by atoms with Crippen molar-refractivity contribution in [3.05, 3.63) is 73.1 Å². The number of esters is 1. The van der Waals surface area contributed by atoms with Crippen LogP contribution in [0.2, 0.25) is 0 Å². The molecule has 0 spiro atoms. The zero-order valence-electron chi connectivity index (χ0n) is 36.2. The average molecular weight is 809 g/mol. The summed E-state index contributed by atoms with van der Waals surface area (Å²) >= 11 is 0. The molecular formula is C46H83NO8P+. The number of carbonyl (C=O) groups is 1. The standard InChI is InChI=1S/C46H82NO8P/c1-6-8-10-12-14-15-16-17-18-19-20-21-24-27-31-35-40-52-42-45(43-54-56(50,51)53-41-39-47(3,4)5)55-46(49)38-34-30-26-23-22-25-29-33-37-44(48)36-32-28-13-11-9-7-2/h15-16,23,25-26,28-29,32-33,35,37,40,44-45,48H,6-14,17-22,24,27,30-31,34,36,38-39,41-43H2,1-5H3/p+1/b16-15-,26-23-,29-25-,32-28-,37-33+,40-35+/t44-,45+/m0/s1. The number of phosphoric ester groups is 1. The zero-order chi connectivity index (χ0) is 41.4. The summed E-state index contributed by atoms with van der Waals surface area (Å²) in [5.74, 6) is -0.420. The minimum absolute atomic E-state index is 0.00175. The molecule has 0 aliphatic rings. The molecule has 0 saturated heterocycles. The Kier molecular flexibility index (Phi) is 36.7. The van der Waals surface area contributed by atoms with Crippen molar-refractivity contribution in [2.24, 2.45) is 0 Å². The van der Waals surface area contributed by atoms with Gasteiger partial charge in [0, 0.05) is 6.42 Å². The highest BCUT2D eigenvalue weighted by atomic mass is 31.2. The van der Waals surface area contributed by atoms with Crippen LogP contribution in [0.3, 0.4) is 0 Å². The molecule has 10 heteroatoms. The van der Waals surface area contributed by atoms with Crippen molar-refractivity contribution in [3.8, 4) is 0 Å². The van der Waals surface area contributed by atoms with Gasteiger partial charge in [0.25, 0.3) is 0 Å². The number of phosphoric acid groups is 1. The fourth-order valence-corrected chi connectivity index (χ4v) is 6.15. The number of quaternary nitrogens is 1. The molecule has 324 valence electrons. The molecule has 0 bridgehead atoms. The summed E-state index contributed by atoms with van der Waals surface area (Å²) in [5, 5.41) is 10.0. The number of hydrogen-bond acceptors (Lipinski definition) is 7. The minimum atomic E-state index is -4.33. The number of unbranched alkanes of at least 4 members (excludes halogenated alkanes) is 15. The zero-order valence-corrected chi connectivity index (χ0v) is 37.1. The Morgan fingerprint density at radius 3 is 1.88 bits per heavy atom. The van der Waals surface area contributed by atoms with Crippen LogP contribution >= 0.6 is 7.82 Å². The van der Waals surface area contributed by atoms with Gasteiger partial charge in [0.1, 0.15) is 19.8 Å². The maximum atomic E-state index is 12.7. The number of allylic oxidation sites excluding steroid dienone is 9. The lowest BCUT2D eigenvalue weighted by molar-refractivity contribution is -0.870. The number of ether oxygens (including phenoxy) is 2. The van der Waals surface area contributed by atoms with E-state index in [0.29, 0.717) is 30.3 Å². The van der Waals surface area contributed by atoms with Crippen LogP contribution in [-0.2, 0) is 27.9 Å². The average Bonchev–Trinajstić information content (AvgIpc) is 3.14. The summed E-state index contributed by atoms with van der Waals surface area (Å²) in [6, 6.07) is 0. The molecule has 0 aromatic heterocycles. The Balaban J connectivity index is 4.49. The highest BCUT2D eigenvalue weighted by molar-refractivity contribution is 7.47. The van der Waals surface area contributed by atoms with E-state index in [9.17, 15) is 19.4 Å². The lowest BCUT2D eigenvalue weighted by Gasteiger charge is -2.24. The van der Waals surface area contributed by atoms with Crippen molar-refractivity contribution in [3.63, 3.8) is 0 Å². The van der Waals surface area contributed by atoms with E-state index >= 15 is 0 Å². The van der Waals surface area contributed by atoms with Crippen LogP contribution in [0, 0.1) is 0 Å². The highest BCUT2D eigenvalue weighted by Crippen LogP contribution is 2.43. The quantitative estimate of drug-likeness (QED) is 0.0120. The summed E-state index contributed by atoms with van der Waals surface area (Å²) in [5.41, 5.74) is 0. The molecule has 0 fully saturated rings. The molecule has 0 aromatic carbocycles. The van der Waals surface area contributed by atoms with Crippen LogP contribution in [0.5, 0.6) is 0 Å². The lowest BCUT2D eigenvalue weighted by atomic mass is 10.1. The number of aliphatic hydroxyl groups is 1. The van der Waals surface area contributed by atoms with Gasteiger partial charge >= 0.3 is 13.8 Å². The summed E-state index contributed by atoms with van der Waals surface area (Å²) in [6.07, 6.45) is 46.3. The molecule has 1 unspecified atom stereocenters. The Labute approximate surface area is 343 Å². The number of hydrogen-bond donors (Lipinski definition) is 2. The number of rotatable bonds is 39. The SMILES string of the molecule is CCCCC/C=C\C[C@H](O)/C=C/C=C\C/C=C\CCCC(=O)O[C@H](CO/C=C/CCCCCCCC/C=C\CCCCCC)COP(=O)(O)OCC[N+](C)(C)C. The highest BCUT2D eigenvalue weighted by Gasteiger charge is 2.26. The molecule has 3 atom stereocenters. The van der Waals surface area contributed by atoms with E-state index in [1.54, 1.807) is 12.3 Å². The fourth-order valence-electron chi connectivity index (χ4n) is 5.41. The van der Waals surface area contributed by atoms with Gasteiger partial charge in [-0.05, 0) is 83.1 Å². The second-order valence-corrected chi connectivity index (χ2v) is 17.1. The lowest BCUT2D eigenvalue weighted by Crippen LogP contribution is -2.37. The first-order chi connectivity index (χ1) is 27.0. The van der Waals surface area contributed by atoms with Gasteiger partial charge in [0.15, 0.2) is 6.10 Å². The molecule has 0 aromatic rings. The first-order valence-electron chi connectivity index (χ1n) is 21.8. The molecule has 56 heavy (non-hydrogen) atoms. The summed E-state index contributed by atoms with van der Waals surface area (Å²) < 4.78 is 34.6. The van der Waals surface area contributed by atoms with Crippen LogP contribution in [0.15, 0.2) is 73.1 Å². The predicted octanol–water partition coefficient (Wildman–Crippen LogP) is 12.0. The normalized spacial score (nSPS) is 15.0. The van der Waals surface area contributed by atoms with Gasteiger partial charge in [-0.3, -0.25) is 13.8 Å². The Bertz CT molecular complexity index is 1140. The summed E-state index contributed by atoms with van der Waals surface area (Å²) in [4.78, 5) is 22.8. The molecular weight excluding hydrogens is 725 g/mol. The van der Waals surface area contributed by atoms with Crippen molar-refractivity contribution in [1.29, 1.82) is 0 Å². The third-order valence-corrected chi connectivity index (χ3v) is 9.87. The van der Waals surface area contributed by atoms with Gasteiger partial charge in [-0.1, -0.05) is 132 Å². The molecule has 0 aliphatic heterocycles. The monoisotopic (exact) mass is 809 g/mol. The Morgan fingerprint density at radius 2 is 1.21 bits per heavy atom. The first-order valence-corrected chi connectivity index (χ1v) is 23.3. The van der Waals surface area contributed by atoms with E-state index in [1.165, 1.54) is 89.9 Å². The van der Waals surface area contributed by atoms with Crippen LogP contribution in [0.1, 0.15) is 155 Å². The molecule has 0 amide bonds.